The van der Waals surface area contributed by atoms with Gasteiger partial charge in [-0.2, -0.15) is 8.42 Å². The fraction of sp³-hybridized carbons (Fsp3) is 0.909. The molecule has 0 heterocycles. The summed E-state index contributed by atoms with van der Waals surface area (Å²) in [4.78, 5) is 20.0. The zero-order valence-corrected chi connectivity index (χ0v) is 23.6. The molecule has 1 atom stereocenters. The average molecular weight is 491 g/mol. The summed E-state index contributed by atoms with van der Waals surface area (Å²) in [5.41, 5.74) is 0. The first-order valence-corrected chi connectivity index (χ1v) is 15.8. The van der Waals surface area contributed by atoms with E-state index in [-0.39, 0.29) is 0 Å². The van der Waals surface area contributed by atoms with Gasteiger partial charge in [-0.25, -0.2) is 0 Å². The van der Waals surface area contributed by atoms with Gasteiger partial charge in [0.05, 0.1) is 6.42 Å². The molecule has 0 radical (unpaired) electrons. The van der Waals surface area contributed by atoms with Crippen LogP contribution in [0.15, 0.2) is 0 Å². The second-order valence-corrected chi connectivity index (χ2v) is 11.4. The van der Waals surface area contributed by atoms with Crippen molar-refractivity contribution in [3.8, 4) is 0 Å². The molecule has 0 rings (SSSR count). The minimum absolute atomic E-state index is 1.10. The number of unbranched alkanes of at least 4 members (excludes halogenated alkanes) is 15. The molecule has 0 saturated heterocycles. The third-order valence-electron chi connectivity index (χ3n) is 5.20. The zero-order chi connectivity index (χ0) is 24.0. The van der Waals surface area contributed by atoms with Crippen molar-refractivity contribution in [1.29, 1.82) is 0 Å². The molecule has 0 aromatic rings. The molecule has 0 aromatic carbocycles. The normalized spacial score (nSPS) is 12.1. The molecule has 0 aliphatic rings. The molecule has 31 heavy (non-hydrogen) atoms. The third kappa shape index (κ3) is 26.6. The number of aliphatic carboxylic acids is 2. The van der Waals surface area contributed by atoms with Crippen LogP contribution in [0.3, 0.4) is 0 Å². The Hall–Kier alpha value is 0.486. The third-order valence-corrected chi connectivity index (χ3v) is 7.39. The van der Waals surface area contributed by atoms with Crippen molar-refractivity contribution < 1.29 is 32.8 Å². The summed E-state index contributed by atoms with van der Waals surface area (Å²) in [5.74, 6) is -3.50. The Morgan fingerprint density at radius 2 is 1.03 bits per heavy atom. The Labute approximate surface area is 223 Å². The van der Waals surface area contributed by atoms with Gasteiger partial charge in [0.1, 0.15) is 0 Å². The van der Waals surface area contributed by atoms with Gasteiger partial charge < -0.3 is 10.2 Å². The van der Waals surface area contributed by atoms with Crippen LogP contribution in [0.2, 0.25) is 0.515 Å². The Balaban J connectivity index is 0. The topological polar surface area (TPSA) is 129 Å². The molecule has 0 bridgehead atoms. The quantitative estimate of drug-likeness (QED) is 0.114. The van der Waals surface area contributed by atoms with E-state index in [1.807, 2.05) is 0 Å². The van der Waals surface area contributed by atoms with Crippen molar-refractivity contribution in [1.82, 2.24) is 0 Å². The van der Waals surface area contributed by atoms with Gasteiger partial charge in [0, 0.05) is 0 Å². The van der Waals surface area contributed by atoms with Gasteiger partial charge in [-0.15, -0.1) is 0 Å². The van der Waals surface area contributed by atoms with Gasteiger partial charge in [-0.05, 0) is 0 Å². The number of carbonyl (C=O) groups is 2. The maximum atomic E-state index is 10.2. The van der Waals surface area contributed by atoms with Crippen molar-refractivity contribution in [3.63, 3.8) is 0 Å². The molecule has 3 N–H and O–H groups in total. The Kier molecular flexibility index (Phi) is 25.7. The summed E-state index contributed by atoms with van der Waals surface area (Å²) < 4.78 is 30.2. The van der Waals surface area contributed by atoms with E-state index in [0.717, 1.165) is 49.0 Å². The first-order chi connectivity index (χ1) is 14.7. The minimum atomic E-state index is -4.84. The molecular formula is C22H43KO7S. The van der Waals surface area contributed by atoms with E-state index in [2.05, 4.69) is 6.92 Å². The molecule has 0 spiro atoms. The van der Waals surface area contributed by atoms with Gasteiger partial charge in [-0.3, -0.25) is 14.1 Å². The maximum absolute atomic E-state index is 10.2. The monoisotopic (exact) mass is 490 g/mol. The van der Waals surface area contributed by atoms with Gasteiger partial charge in [0.15, 0.2) is 5.25 Å². The van der Waals surface area contributed by atoms with Gasteiger partial charge >= 0.3 is 132 Å². The van der Waals surface area contributed by atoms with Gasteiger partial charge in [0.2, 0.25) is 0 Å². The number of carboxylic acids is 2. The molecule has 180 valence electrons. The number of hydrogen-bond acceptors (Lipinski definition) is 4. The largest absolute Gasteiger partial charge is 0.481 e. The van der Waals surface area contributed by atoms with Crippen molar-refractivity contribution in [2.45, 2.75) is 122 Å². The molecule has 0 saturated carbocycles. The standard InChI is InChI=1S/C18H37.C4H6O7S.K/c1-3-5-7-9-11-13-15-17-18-16-14-12-10-8-6-4-2;5-3(6)1-2(4(7)8)12(9,10)11;/h1,3-18H2,2H3;2H,1H2,(H,5,6)(H,7,8)(H,9,10,11);. The van der Waals surface area contributed by atoms with E-state index < -0.39 is 33.7 Å². The van der Waals surface area contributed by atoms with Crippen LogP contribution in [0, 0.1) is 0 Å². The second-order valence-electron chi connectivity index (χ2n) is 8.24. The van der Waals surface area contributed by atoms with E-state index in [0.29, 0.717) is 0 Å². The van der Waals surface area contributed by atoms with Crippen LogP contribution in [0.1, 0.15) is 116 Å². The minimum Gasteiger partial charge on any atom is -0.481 e. The molecule has 0 aliphatic heterocycles. The molecule has 0 aromatic heterocycles. The van der Waals surface area contributed by atoms with Crippen molar-refractivity contribution in [2.75, 3.05) is 0 Å². The van der Waals surface area contributed by atoms with E-state index in [1.54, 1.807) is 0.515 Å². The summed E-state index contributed by atoms with van der Waals surface area (Å²) in [6.07, 6.45) is 22.6. The van der Waals surface area contributed by atoms with E-state index in [1.165, 1.54) is 103 Å². The fourth-order valence-corrected chi connectivity index (χ4v) is 4.67. The van der Waals surface area contributed by atoms with Crippen molar-refractivity contribution >= 4 is 71.0 Å². The Bertz CT molecular complexity index is 522. The summed E-state index contributed by atoms with van der Waals surface area (Å²) in [5, 5.41) is 13.9. The summed E-state index contributed by atoms with van der Waals surface area (Å²) in [6, 6.07) is 0. The van der Waals surface area contributed by atoms with Gasteiger partial charge in [0.25, 0.3) is 10.1 Å². The van der Waals surface area contributed by atoms with Crippen LogP contribution in [-0.2, 0) is 19.7 Å². The molecule has 0 fully saturated rings. The predicted molar refractivity (Wildman–Crippen MR) is 125 cm³/mol. The first-order valence-electron chi connectivity index (χ1n) is 12.1. The van der Waals surface area contributed by atoms with Crippen molar-refractivity contribution in [3.05, 3.63) is 0 Å². The summed E-state index contributed by atoms with van der Waals surface area (Å²) in [6.45, 7) is 2.30. The van der Waals surface area contributed by atoms with E-state index in [4.69, 9.17) is 14.8 Å². The predicted octanol–water partition coefficient (Wildman–Crippen LogP) is 5.64. The van der Waals surface area contributed by atoms with Crippen LogP contribution in [0.25, 0.3) is 0 Å². The fourth-order valence-electron chi connectivity index (χ4n) is 3.28. The van der Waals surface area contributed by atoms with Crippen LogP contribution < -0.4 is 0 Å². The van der Waals surface area contributed by atoms with Gasteiger partial charge in [-0.1, -0.05) is 39.0 Å². The Morgan fingerprint density at radius 1 is 0.710 bits per heavy atom. The maximum Gasteiger partial charge on any atom is 0.325 e. The number of carboxylic acid groups (broad SMARTS) is 2. The second kappa shape index (κ2) is 23.6. The molecule has 1 unspecified atom stereocenters. The first kappa shape index (κ1) is 33.7. The van der Waals surface area contributed by atoms with Crippen LogP contribution in [0.4, 0.5) is 0 Å². The molecule has 0 amide bonds. The zero-order valence-electron chi connectivity index (χ0n) is 19.7. The number of rotatable bonds is 20. The van der Waals surface area contributed by atoms with Crippen LogP contribution in [-0.4, -0.2) is 89.3 Å². The van der Waals surface area contributed by atoms with Crippen molar-refractivity contribution in [2.24, 2.45) is 0 Å². The molecule has 0 aliphatic carbocycles. The Morgan fingerprint density at radius 3 is 1.23 bits per heavy atom. The molecule has 7 nitrogen and oxygen atoms in total. The molecule has 9 heteroatoms. The SMILES string of the molecule is CCCCCCCCCCCCCCCCC[CH2][K].O=C(O)CC(C(=O)O)S(=O)(=O)O. The van der Waals surface area contributed by atoms with E-state index >= 15 is 0 Å². The average Bonchev–Trinajstić information content (AvgIpc) is 2.68. The van der Waals surface area contributed by atoms with Crippen LogP contribution in [0.5, 0.6) is 0 Å². The van der Waals surface area contributed by atoms with E-state index in [9.17, 15) is 18.0 Å². The summed E-state index contributed by atoms with van der Waals surface area (Å²) in [7, 11) is -4.84. The number of hydrogen-bond donors (Lipinski definition) is 3. The smallest absolute Gasteiger partial charge is 0.325 e. The van der Waals surface area contributed by atoms with Crippen LogP contribution >= 0.6 is 0 Å². The molecular weight excluding hydrogens is 447 g/mol. The summed E-state index contributed by atoms with van der Waals surface area (Å²) >= 11 is 1.10.